The van der Waals surface area contributed by atoms with Crippen LogP contribution in [0.2, 0.25) is 24.7 Å². The number of hydrogen-bond acceptors (Lipinski definition) is 3. The predicted molar refractivity (Wildman–Crippen MR) is 136 cm³/mol. The molecule has 0 saturated heterocycles. The minimum Gasteiger partial charge on any atom is -0.411 e. The third-order valence-electron chi connectivity index (χ3n) is 5.40. The molecule has 216 valence electrons. The van der Waals surface area contributed by atoms with Gasteiger partial charge in [-0.3, -0.25) is 9.59 Å². The van der Waals surface area contributed by atoms with Crippen molar-refractivity contribution in [2.24, 2.45) is 0 Å². The lowest BCUT2D eigenvalue weighted by atomic mass is 9.92. The third-order valence-corrected chi connectivity index (χ3v) is 6.88. The van der Waals surface area contributed by atoms with Crippen LogP contribution in [0.25, 0.3) is 0 Å². The van der Waals surface area contributed by atoms with Crippen LogP contribution in [0.4, 0.5) is 36.4 Å². The fourth-order valence-electron chi connectivity index (χ4n) is 3.89. The van der Waals surface area contributed by atoms with Gasteiger partial charge in [-0.25, -0.2) is 4.39 Å². The number of nitrogens with one attached hydrogen (secondary N) is 2. The van der Waals surface area contributed by atoms with Crippen molar-refractivity contribution in [3.8, 4) is 0 Å². The second-order valence-electron chi connectivity index (χ2n) is 10.5. The molecule has 5 nitrogen and oxygen atoms in total. The van der Waals surface area contributed by atoms with Crippen LogP contribution in [0, 0.1) is 6.92 Å². The van der Waals surface area contributed by atoms with E-state index < -0.39 is 49.3 Å². The molecule has 0 spiro atoms. The number of hydrogen-bond donors (Lipinski definition) is 2. The monoisotopic (exact) mass is 600 g/mol. The summed E-state index contributed by atoms with van der Waals surface area (Å²) in [4.78, 5) is 26.0. The molecular weight excluding hydrogens is 573 g/mol. The van der Waals surface area contributed by atoms with E-state index in [1.54, 1.807) is 13.8 Å². The minimum absolute atomic E-state index is 0.0909. The lowest BCUT2D eigenvalue weighted by molar-refractivity contribution is -0.348. The van der Waals surface area contributed by atoms with Crippen molar-refractivity contribution in [2.75, 3.05) is 11.9 Å². The maximum absolute atomic E-state index is 14.4. The zero-order valence-electron chi connectivity index (χ0n) is 21.9. The highest BCUT2D eigenvalue weighted by atomic mass is 35.5. The normalized spacial score (nSPS) is 13.3. The van der Waals surface area contributed by atoms with Crippen molar-refractivity contribution in [2.45, 2.75) is 64.0 Å². The van der Waals surface area contributed by atoms with E-state index in [9.17, 15) is 40.3 Å². The highest BCUT2D eigenvalue weighted by molar-refractivity contribution is 6.69. The van der Waals surface area contributed by atoms with Gasteiger partial charge in [0.15, 0.2) is 8.32 Å². The SMILES string of the molecule is Cc1cc(C(F)(C(F)(F)F)C(F)(F)F)ccc1NC(=O)c1c(Cl)cccc1C(=O)NCC(C)(C)O[Si](C)(C)C. The smallest absolute Gasteiger partial charge is 0.411 e. The summed E-state index contributed by atoms with van der Waals surface area (Å²) >= 11 is 6.18. The van der Waals surface area contributed by atoms with Crippen LogP contribution in [-0.2, 0) is 10.1 Å². The summed E-state index contributed by atoms with van der Waals surface area (Å²) in [6.45, 7) is 10.7. The summed E-state index contributed by atoms with van der Waals surface area (Å²) in [7, 11) is -1.95. The Bertz CT molecular complexity index is 1230. The van der Waals surface area contributed by atoms with Crippen molar-refractivity contribution in [3.63, 3.8) is 0 Å². The number of rotatable bonds is 8. The fourth-order valence-corrected chi connectivity index (χ4v) is 5.88. The average Bonchev–Trinajstić information content (AvgIpc) is 2.74. The van der Waals surface area contributed by atoms with Gasteiger partial charge in [0.2, 0.25) is 0 Å². The van der Waals surface area contributed by atoms with Gasteiger partial charge in [0.1, 0.15) is 0 Å². The maximum Gasteiger partial charge on any atom is 0.435 e. The number of halogens is 8. The molecular formula is C25H28ClF7N2O3Si. The first-order valence-electron chi connectivity index (χ1n) is 11.5. The molecule has 0 aliphatic carbocycles. The molecule has 0 heterocycles. The van der Waals surface area contributed by atoms with Crippen LogP contribution in [0.1, 0.15) is 45.7 Å². The molecule has 2 N–H and O–H groups in total. The molecule has 14 heteroatoms. The minimum atomic E-state index is -6.28. The molecule has 2 rings (SSSR count). The molecule has 0 fully saturated rings. The number of anilines is 1. The van der Waals surface area contributed by atoms with E-state index in [-0.39, 0.29) is 40.0 Å². The van der Waals surface area contributed by atoms with Crippen molar-refractivity contribution in [1.82, 2.24) is 5.32 Å². The molecule has 0 radical (unpaired) electrons. The predicted octanol–water partition coefficient (Wildman–Crippen LogP) is 7.55. The Morgan fingerprint density at radius 2 is 1.49 bits per heavy atom. The summed E-state index contributed by atoms with van der Waals surface area (Å²) < 4.78 is 99.1. The summed E-state index contributed by atoms with van der Waals surface area (Å²) in [6, 6.07) is 5.41. The first kappa shape index (κ1) is 32.6. The second-order valence-corrected chi connectivity index (χ2v) is 15.3. The van der Waals surface area contributed by atoms with E-state index in [1.165, 1.54) is 18.2 Å². The number of aryl methyl sites for hydroxylation is 1. The summed E-state index contributed by atoms with van der Waals surface area (Å²) in [5.41, 5.74) is -8.96. The maximum atomic E-state index is 14.4. The van der Waals surface area contributed by atoms with Gasteiger partial charge in [0.05, 0.1) is 21.8 Å². The van der Waals surface area contributed by atoms with Crippen molar-refractivity contribution in [3.05, 3.63) is 63.7 Å². The van der Waals surface area contributed by atoms with Crippen LogP contribution in [0.3, 0.4) is 0 Å². The van der Waals surface area contributed by atoms with Crippen LogP contribution < -0.4 is 10.6 Å². The molecule has 2 aromatic carbocycles. The topological polar surface area (TPSA) is 67.4 Å². The molecule has 0 bridgehead atoms. The van der Waals surface area contributed by atoms with E-state index in [4.69, 9.17) is 16.0 Å². The molecule has 0 aliphatic rings. The third kappa shape index (κ3) is 7.51. The Balaban J connectivity index is 2.36. The summed E-state index contributed by atoms with van der Waals surface area (Å²) in [5, 5.41) is 4.86. The standard InChI is InChI=1S/C25H28ClF7N2O3Si/c1-14-12-15(23(27,24(28,29)30)25(31,32)33)10-11-18(14)35-21(37)19-16(8-7-9-17(19)26)20(36)34-13-22(2,3)38-39(4,5)6/h7-12H,13H2,1-6H3,(H,34,36)(H,35,37). The second kappa shape index (κ2) is 11.1. The van der Waals surface area contributed by atoms with E-state index in [0.29, 0.717) is 12.1 Å². The Morgan fingerprint density at radius 1 is 0.923 bits per heavy atom. The van der Waals surface area contributed by atoms with E-state index in [0.717, 1.165) is 6.92 Å². The van der Waals surface area contributed by atoms with E-state index in [2.05, 4.69) is 10.6 Å². The largest absolute Gasteiger partial charge is 0.435 e. The van der Waals surface area contributed by atoms with Crippen LogP contribution in [0.15, 0.2) is 36.4 Å². The molecule has 2 amide bonds. The molecule has 2 aromatic rings. The van der Waals surface area contributed by atoms with Gasteiger partial charge in [-0.2, -0.15) is 26.3 Å². The van der Waals surface area contributed by atoms with Crippen LogP contribution in [0.5, 0.6) is 0 Å². The highest BCUT2D eigenvalue weighted by Crippen LogP contribution is 2.53. The summed E-state index contributed by atoms with van der Waals surface area (Å²) in [6.07, 6.45) is -12.6. The van der Waals surface area contributed by atoms with Gasteiger partial charge >= 0.3 is 18.0 Å². The lowest BCUT2D eigenvalue weighted by Crippen LogP contribution is -2.50. The van der Waals surface area contributed by atoms with Crippen molar-refractivity contribution in [1.29, 1.82) is 0 Å². The van der Waals surface area contributed by atoms with Crippen LogP contribution >= 0.6 is 11.6 Å². The number of amides is 2. The lowest BCUT2D eigenvalue weighted by Gasteiger charge is -2.33. The van der Waals surface area contributed by atoms with Gasteiger partial charge in [-0.1, -0.05) is 29.8 Å². The number of carbonyl (C=O) groups is 2. The molecule has 39 heavy (non-hydrogen) atoms. The Kier molecular flexibility index (Phi) is 9.26. The molecule has 0 aromatic heterocycles. The highest BCUT2D eigenvalue weighted by Gasteiger charge is 2.73. The first-order chi connectivity index (χ1) is 17.5. The number of benzene rings is 2. The molecule has 0 saturated carbocycles. The molecule has 0 unspecified atom stereocenters. The Labute approximate surface area is 227 Å². The van der Waals surface area contributed by atoms with Gasteiger partial charge in [0.25, 0.3) is 11.8 Å². The summed E-state index contributed by atoms with van der Waals surface area (Å²) in [5.74, 6) is -1.63. The number of alkyl halides is 7. The van der Waals surface area contributed by atoms with Gasteiger partial charge in [-0.05, 0) is 64.2 Å². The number of carbonyl (C=O) groups excluding carboxylic acids is 2. The quantitative estimate of drug-likeness (QED) is 0.243. The first-order valence-corrected chi connectivity index (χ1v) is 15.3. The molecule has 0 atom stereocenters. The molecule has 0 aliphatic heterocycles. The Morgan fingerprint density at radius 3 is 1.97 bits per heavy atom. The zero-order valence-corrected chi connectivity index (χ0v) is 23.7. The fraction of sp³-hybridized carbons (Fsp3) is 0.440. The van der Waals surface area contributed by atoms with E-state index >= 15 is 0 Å². The zero-order chi connectivity index (χ0) is 30.2. The van der Waals surface area contributed by atoms with E-state index in [1.807, 2.05) is 19.6 Å². The van der Waals surface area contributed by atoms with Gasteiger partial charge < -0.3 is 15.1 Å². The van der Waals surface area contributed by atoms with Crippen molar-refractivity contribution >= 4 is 37.4 Å². The Hall–Kier alpha value is -2.64. The van der Waals surface area contributed by atoms with Crippen molar-refractivity contribution < 1.29 is 44.7 Å². The van der Waals surface area contributed by atoms with Crippen LogP contribution in [-0.4, -0.2) is 44.6 Å². The average molecular weight is 601 g/mol. The van der Waals surface area contributed by atoms with Gasteiger partial charge in [-0.15, -0.1) is 0 Å². The van der Waals surface area contributed by atoms with Gasteiger partial charge in [0, 0.05) is 17.8 Å².